The normalized spacial score (nSPS) is 10.5. The zero-order valence-corrected chi connectivity index (χ0v) is 8.72. The Kier molecular flexibility index (Phi) is 7.63. The van der Waals surface area contributed by atoms with Gasteiger partial charge in [0.25, 0.3) is 0 Å². The first-order chi connectivity index (χ1) is 6.16. The molecule has 0 bridgehead atoms. The fourth-order valence-corrected chi connectivity index (χ4v) is 0.828. The Morgan fingerprint density at radius 1 is 1.46 bits per heavy atom. The third-order valence-corrected chi connectivity index (χ3v) is 1.39. The van der Waals surface area contributed by atoms with Gasteiger partial charge >= 0.3 is 0 Å². The summed E-state index contributed by atoms with van der Waals surface area (Å²) >= 11 is 0. The summed E-state index contributed by atoms with van der Waals surface area (Å²) in [4.78, 5) is 10.9. The van der Waals surface area contributed by atoms with E-state index in [2.05, 4.69) is 10.6 Å². The number of hydrogen-bond acceptors (Lipinski definition) is 3. The van der Waals surface area contributed by atoms with Gasteiger partial charge in [-0.25, -0.2) is 0 Å². The van der Waals surface area contributed by atoms with Crippen molar-refractivity contribution in [3.05, 3.63) is 0 Å². The van der Waals surface area contributed by atoms with Gasteiger partial charge in [-0.05, 0) is 20.8 Å². The smallest absolute Gasteiger partial charge is 0.233 e. The fraction of sp³-hybridized carbons (Fsp3) is 0.889. The van der Waals surface area contributed by atoms with Gasteiger partial charge < -0.3 is 15.4 Å². The van der Waals surface area contributed by atoms with E-state index in [0.717, 1.165) is 6.54 Å². The molecule has 0 saturated carbocycles. The number of amides is 1. The highest BCUT2D eigenvalue weighted by Gasteiger charge is 1.97. The van der Waals surface area contributed by atoms with Crippen molar-refractivity contribution < 1.29 is 9.53 Å². The molecule has 13 heavy (non-hydrogen) atoms. The molecule has 0 atom stereocenters. The molecule has 0 aliphatic rings. The molecule has 0 fully saturated rings. The maximum absolute atomic E-state index is 10.9. The minimum absolute atomic E-state index is 0.0343. The van der Waals surface area contributed by atoms with E-state index in [1.54, 1.807) is 0 Å². The van der Waals surface area contributed by atoms with Crippen LogP contribution in [-0.2, 0) is 9.53 Å². The van der Waals surface area contributed by atoms with Crippen LogP contribution in [0.5, 0.6) is 0 Å². The lowest BCUT2D eigenvalue weighted by Gasteiger charge is -2.08. The van der Waals surface area contributed by atoms with Crippen molar-refractivity contribution in [1.82, 2.24) is 10.6 Å². The Morgan fingerprint density at radius 2 is 2.15 bits per heavy atom. The van der Waals surface area contributed by atoms with Gasteiger partial charge in [-0.3, -0.25) is 4.79 Å². The average molecular weight is 188 g/mol. The quantitative estimate of drug-likeness (QED) is 0.559. The standard InChI is InChI=1S/C9H20N2O2/c1-4-11-9(12)7-10-5-6-13-8(2)3/h8,10H,4-7H2,1-3H3,(H,11,12). The number of nitrogens with one attached hydrogen (secondary N) is 2. The molecule has 0 aromatic carbocycles. The second kappa shape index (κ2) is 8.01. The van der Waals surface area contributed by atoms with E-state index in [9.17, 15) is 4.79 Å². The summed E-state index contributed by atoms with van der Waals surface area (Å²) in [6.07, 6.45) is 0.256. The summed E-state index contributed by atoms with van der Waals surface area (Å²) in [6, 6.07) is 0. The maximum Gasteiger partial charge on any atom is 0.233 e. The lowest BCUT2D eigenvalue weighted by atomic mass is 10.5. The Morgan fingerprint density at radius 3 is 2.69 bits per heavy atom. The summed E-state index contributed by atoms with van der Waals surface area (Å²) in [5.74, 6) is 0.0343. The van der Waals surface area contributed by atoms with Crippen LogP contribution >= 0.6 is 0 Å². The number of ether oxygens (including phenoxy) is 1. The minimum Gasteiger partial charge on any atom is -0.377 e. The number of rotatable bonds is 7. The van der Waals surface area contributed by atoms with Gasteiger partial charge in [-0.2, -0.15) is 0 Å². The molecule has 0 heterocycles. The number of carbonyl (C=O) groups is 1. The van der Waals surface area contributed by atoms with E-state index in [-0.39, 0.29) is 12.0 Å². The molecule has 0 saturated heterocycles. The second-order valence-electron chi connectivity index (χ2n) is 3.05. The van der Waals surface area contributed by atoms with Gasteiger partial charge in [0.15, 0.2) is 0 Å². The highest BCUT2D eigenvalue weighted by molar-refractivity contribution is 5.77. The Balaban J connectivity index is 3.11. The van der Waals surface area contributed by atoms with E-state index in [4.69, 9.17) is 4.74 Å². The van der Waals surface area contributed by atoms with Crippen molar-refractivity contribution in [2.75, 3.05) is 26.2 Å². The van der Waals surface area contributed by atoms with Crippen LogP contribution in [-0.4, -0.2) is 38.3 Å². The number of carbonyl (C=O) groups excluding carboxylic acids is 1. The molecule has 4 heteroatoms. The van der Waals surface area contributed by atoms with Crippen LogP contribution in [0.3, 0.4) is 0 Å². The van der Waals surface area contributed by atoms with E-state index >= 15 is 0 Å². The summed E-state index contributed by atoms with van der Waals surface area (Å²) in [5, 5.41) is 5.69. The van der Waals surface area contributed by atoms with Crippen molar-refractivity contribution in [2.24, 2.45) is 0 Å². The van der Waals surface area contributed by atoms with Crippen LogP contribution in [0.15, 0.2) is 0 Å². The van der Waals surface area contributed by atoms with Gasteiger partial charge in [-0.15, -0.1) is 0 Å². The summed E-state index contributed by atoms with van der Waals surface area (Å²) < 4.78 is 5.29. The Bertz CT molecular complexity index is 138. The number of likely N-dealkylation sites (N-methyl/N-ethyl adjacent to an activating group) is 1. The molecule has 0 aliphatic heterocycles. The first-order valence-electron chi connectivity index (χ1n) is 4.75. The lowest BCUT2D eigenvalue weighted by molar-refractivity contribution is -0.120. The zero-order valence-electron chi connectivity index (χ0n) is 8.72. The molecule has 4 nitrogen and oxygen atoms in total. The van der Waals surface area contributed by atoms with Crippen molar-refractivity contribution in [3.63, 3.8) is 0 Å². The van der Waals surface area contributed by atoms with Crippen LogP contribution < -0.4 is 10.6 Å². The molecule has 1 amide bonds. The van der Waals surface area contributed by atoms with Crippen molar-refractivity contribution in [3.8, 4) is 0 Å². The van der Waals surface area contributed by atoms with Gasteiger partial charge in [0, 0.05) is 13.1 Å². The van der Waals surface area contributed by atoms with E-state index < -0.39 is 0 Å². The lowest BCUT2D eigenvalue weighted by Crippen LogP contribution is -2.35. The molecule has 78 valence electrons. The van der Waals surface area contributed by atoms with Crippen LogP contribution in [0.2, 0.25) is 0 Å². The van der Waals surface area contributed by atoms with E-state index in [1.165, 1.54) is 0 Å². The topological polar surface area (TPSA) is 50.4 Å². The minimum atomic E-state index is 0.0343. The molecule has 0 rings (SSSR count). The van der Waals surface area contributed by atoms with Crippen LogP contribution in [0.25, 0.3) is 0 Å². The van der Waals surface area contributed by atoms with Crippen molar-refractivity contribution in [2.45, 2.75) is 26.9 Å². The Labute approximate surface area is 80.0 Å². The molecule has 0 radical (unpaired) electrons. The van der Waals surface area contributed by atoms with Gasteiger partial charge in [0.1, 0.15) is 0 Å². The average Bonchev–Trinajstić information content (AvgIpc) is 2.03. The second-order valence-corrected chi connectivity index (χ2v) is 3.05. The van der Waals surface area contributed by atoms with Crippen LogP contribution in [0.1, 0.15) is 20.8 Å². The molecule has 2 N–H and O–H groups in total. The zero-order chi connectivity index (χ0) is 10.1. The van der Waals surface area contributed by atoms with Crippen LogP contribution in [0, 0.1) is 0 Å². The van der Waals surface area contributed by atoms with Crippen molar-refractivity contribution in [1.29, 1.82) is 0 Å². The third-order valence-electron chi connectivity index (χ3n) is 1.39. The third kappa shape index (κ3) is 9.30. The van der Waals surface area contributed by atoms with Gasteiger partial charge in [0.2, 0.25) is 5.91 Å². The van der Waals surface area contributed by atoms with Gasteiger partial charge in [-0.1, -0.05) is 0 Å². The molecule has 0 aromatic rings. The monoisotopic (exact) mass is 188 g/mol. The van der Waals surface area contributed by atoms with E-state index in [1.807, 2.05) is 20.8 Å². The molecule has 0 aromatic heterocycles. The first-order valence-corrected chi connectivity index (χ1v) is 4.75. The molecule has 0 spiro atoms. The largest absolute Gasteiger partial charge is 0.377 e. The Hall–Kier alpha value is -0.610. The maximum atomic E-state index is 10.9. The summed E-state index contributed by atoms with van der Waals surface area (Å²) in [7, 11) is 0. The predicted molar refractivity (Wildman–Crippen MR) is 52.6 cm³/mol. The highest BCUT2D eigenvalue weighted by atomic mass is 16.5. The molecular weight excluding hydrogens is 168 g/mol. The predicted octanol–water partition coefficient (Wildman–Crippen LogP) is 0.137. The summed E-state index contributed by atoms with van der Waals surface area (Å²) in [5.41, 5.74) is 0. The van der Waals surface area contributed by atoms with Gasteiger partial charge in [0.05, 0.1) is 19.3 Å². The van der Waals surface area contributed by atoms with Crippen LogP contribution in [0.4, 0.5) is 0 Å². The fourth-order valence-electron chi connectivity index (χ4n) is 0.828. The van der Waals surface area contributed by atoms with E-state index in [0.29, 0.717) is 19.7 Å². The highest BCUT2D eigenvalue weighted by Crippen LogP contribution is 1.84. The molecule has 0 aliphatic carbocycles. The number of hydrogen-bond donors (Lipinski definition) is 2. The van der Waals surface area contributed by atoms with Crippen molar-refractivity contribution >= 4 is 5.91 Å². The first kappa shape index (κ1) is 12.4. The SMILES string of the molecule is CCNC(=O)CNCCOC(C)C. The molecule has 0 unspecified atom stereocenters. The molecular formula is C9H20N2O2. The summed E-state index contributed by atoms with van der Waals surface area (Å²) in [6.45, 7) is 8.30.